The summed E-state index contributed by atoms with van der Waals surface area (Å²) in [6, 6.07) is 7.70. The predicted molar refractivity (Wildman–Crippen MR) is 99.5 cm³/mol. The molecular weight excluding hydrogens is 340 g/mol. The number of hydrogen-bond donors (Lipinski definition) is 1. The quantitative estimate of drug-likeness (QED) is 0.714. The van der Waals surface area contributed by atoms with Crippen LogP contribution in [0, 0.1) is 5.92 Å². The highest BCUT2D eigenvalue weighted by molar-refractivity contribution is 7.89. The average Bonchev–Trinajstić information content (AvgIpc) is 2.61. The van der Waals surface area contributed by atoms with Gasteiger partial charge in [-0.3, -0.25) is 4.90 Å². The van der Waals surface area contributed by atoms with Gasteiger partial charge in [0.2, 0.25) is 10.0 Å². The molecule has 7 heteroatoms. The third-order valence-corrected chi connectivity index (χ3v) is 5.96. The molecule has 2 rings (SSSR count). The molecular formula is C18H30N2O4S. The maximum Gasteiger partial charge on any atom is 0.211 e. The first kappa shape index (κ1) is 20.2. The van der Waals surface area contributed by atoms with E-state index in [1.54, 1.807) is 7.11 Å². The number of nitrogens with zero attached hydrogens (tertiary/aromatic N) is 1. The van der Waals surface area contributed by atoms with E-state index in [2.05, 4.69) is 23.5 Å². The number of hydrogen-bond acceptors (Lipinski definition) is 5. The van der Waals surface area contributed by atoms with E-state index in [0.29, 0.717) is 32.1 Å². The van der Waals surface area contributed by atoms with Crippen LogP contribution < -0.4 is 9.46 Å². The van der Waals surface area contributed by atoms with E-state index in [-0.39, 0.29) is 11.8 Å². The number of methoxy groups -OCH3 is 1. The average molecular weight is 371 g/mol. The van der Waals surface area contributed by atoms with Crippen molar-refractivity contribution < 1.29 is 17.9 Å². The van der Waals surface area contributed by atoms with Gasteiger partial charge in [-0.25, -0.2) is 13.1 Å². The van der Waals surface area contributed by atoms with E-state index in [9.17, 15) is 8.42 Å². The van der Waals surface area contributed by atoms with Crippen LogP contribution >= 0.6 is 0 Å². The van der Waals surface area contributed by atoms with E-state index in [1.807, 2.05) is 24.3 Å². The first-order valence-electron chi connectivity index (χ1n) is 8.83. The third-order valence-electron chi connectivity index (χ3n) is 4.62. The van der Waals surface area contributed by atoms with Gasteiger partial charge in [-0.15, -0.1) is 0 Å². The lowest BCUT2D eigenvalue weighted by atomic mass is 10.0. The largest absolute Gasteiger partial charge is 0.497 e. The Morgan fingerprint density at radius 2 is 1.84 bits per heavy atom. The molecule has 1 saturated heterocycles. The monoisotopic (exact) mass is 370 g/mol. The van der Waals surface area contributed by atoms with E-state index >= 15 is 0 Å². The van der Waals surface area contributed by atoms with E-state index in [4.69, 9.17) is 9.47 Å². The molecule has 1 aliphatic rings. The Bertz CT molecular complexity index is 610. The molecule has 0 aliphatic carbocycles. The fourth-order valence-corrected chi connectivity index (χ4v) is 4.10. The molecule has 6 nitrogen and oxygen atoms in total. The van der Waals surface area contributed by atoms with Crippen LogP contribution in [0.3, 0.4) is 0 Å². The Morgan fingerprint density at radius 1 is 1.20 bits per heavy atom. The lowest BCUT2D eigenvalue weighted by Crippen LogP contribution is -2.51. The van der Waals surface area contributed by atoms with Crippen molar-refractivity contribution >= 4 is 10.0 Å². The zero-order chi connectivity index (χ0) is 18.3. The van der Waals surface area contributed by atoms with Crippen molar-refractivity contribution in [3.05, 3.63) is 29.8 Å². The van der Waals surface area contributed by atoms with E-state index in [0.717, 1.165) is 24.4 Å². The number of rotatable bonds is 9. The molecule has 1 aromatic carbocycles. The van der Waals surface area contributed by atoms with Crippen LogP contribution in [-0.4, -0.2) is 65.1 Å². The van der Waals surface area contributed by atoms with Crippen LogP contribution in [0.4, 0.5) is 0 Å². The summed E-state index contributed by atoms with van der Waals surface area (Å²) >= 11 is 0. The van der Waals surface area contributed by atoms with Crippen molar-refractivity contribution in [1.29, 1.82) is 0 Å². The molecule has 1 unspecified atom stereocenters. The van der Waals surface area contributed by atoms with Gasteiger partial charge in [0.05, 0.1) is 26.1 Å². The summed E-state index contributed by atoms with van der Waals surface area (Å²) in [7, 11) is -1.69. The van der Waals surface area contributed by atoms with Gasteiger partial charge >= 0.3 is 0 Å². The first-order valence-corrected chi connectivity index (χ1v) is 10.5. The molecule has 1 N–H and O–H groups in total. The molecule has 1 fully saturated rings. The van der Waals surface area contributed by atoms with Gasteiger partial charge in [-0.2, -0.15) is 0 Å². The molecule has 25 heavy (non-hydrogen) atoms. The molecule has 1 atom stereocenters. The molecule has 0 bridgehead atoms. The summed E-state index contributed by atoms with van der Waals surface area (Å²) in [5.41, 5.74) is 0.986. The van der Waals surface area contributed by atoms with Crippen LogP contribution in [0.1, 0.15) is 19.4 Å². The molecule has 0 amide bonds. The number of benzene rings is 1. The minimum atomic E-state index is -3.30. The lowest BCUT2D eigenvalue weighted by molar-refractivity contribution is 0.00776. The van der Waals surface area contributed by atoms with Crippen LogP contribution in [-0.2, 0) is 21.2 Å². The maximum absolute atomic E-state index is 12.4. The molecule has 0 spiro atoms. The zero-order valence-electron chi connectivity index (χ0n) is 15.4. The molecule has 0 saturated carbocycles. The SMILES string of the molecule is COc1ccc(CCS(=O)(=O)NCC(C(C)C)N2CCOCC2)cc1. The summed E-state index contributed by atoms with van der Waals surface area (Å²) in [5.74, 6) is 1.24. The Hall–Kier alpha value is -1.15. The third kappa shape index (κ3) is 6.58. The van der Waals surface area contributed by atoms with Crippen molar-refractivity contribution in [3.8, 4) is 5.75 Å². The van der Waals surface area contributed by atoms with Crippen LogP contribution in [0.5, 0.6) is 5.75 Å². The van der Waals surface area contributed by atoms with Crippen LogP contribution in [0.15, 0.2) is 24.3 Å². The van der Waals surface area contributed by atoms with E-state index in [1.165, 1.54) is 0 Å². The van der Waals surface area contributed by atoms with Crippen molar-refractivity contribution in [1.82, 2.24) is 9.62 Å². The van der Waals surface area contributed by atoms with Crippen LogP contribution in [0.2, 0.25) is 0 Å². The Morgan fingerprint density at radius 3 is 2.40 bits per heavy atom. The number of morpholine rings is 1. The number of nitrogens with one attached hydrogen (secondary N) is 1. The van der Waals surface area contributed by atoms with Gasteiger partial charge < -0.3 is 9.47 Å². The van der Waals surface area contributed by atoms with Gasteiger partial charge in [0.1, 0.15) is 5.75 Å². The maximum atomic E-state index is 12.4. The highest BCUT2D eigenvalue weighted by Crippen LogP contribution is 2.14. The minimum absolute atomic E-state index is 0.0905. The molecule has 142 valence electrons. The fourth-order valence-electron chi connectivity index (χ4n) is 3.02. The predicted octanol–water partition coefficient (Wildman–Crippen LogP) is 1.51. The second-order valence-electron chi connectivity index (χ2n) is 6.73. The standard InChI is InChI=1S/C18H30N2O4S/c1-15(2)18(20-9-11-24-12-10-20)14-19-25(21,22)13-8-16-4-6-17(23-3)7-5-16/h4-7,15,18-19H,8-14H2,1-3H3. The van der Waals surface area contributed by atoms with Crippen molar-refractivity contribution in [2.45, 2.75) is 26.3 Å². The van der Waals surface area contributed by atoms with Gasteiger partial charge in [0, 0.05) is 25.7 Å². The summed E-state index contributed by atoms with van der Waals surface area (Å²) < 4.78 is 38.0. The molecule has 0 radical (unpaired) electrons. The molecule has 0 aromatic heterocycles. The molecule has 1 heterocycles. The highest BCUT2D eigenvalue weighted by atomic mass is 32.2. The van der Waals surface area contributed by atoms with Crippen molar-refractivity contribution in [2.24, 2.45) is 5.92 Å². The van der Waals surface area contributed by atoms with E-state index < -0.39 is 10.0 Å². The topological polar surface area (TPSA) is 67.9 Å². The zero-order valence-corrected chi connectivity index (χ0v) is 16.2. The second-order valence-corrected chi connectivity index (χ2v) is 8.65. The first-order chi connectivity index (χ1) is 11.9. The number of ether oxygens (including phenoxy) is 2. The van der Waals surface area contributed by atoms with Crippen molar-refractivity contribution in [3.63, 3.8) is 0 Å². The summed E-state index contributed by atoms with van der Waals surface area (Å²) in [6.45, 7) is 7.86. The van der Waals surface area contributed by atoms with Gasteiger partial charge in [0.15, 0.2) is 0 Å². The minimum Gasteiger partial charge on any atom is -0.497 e. The van der Waals surface area contributed by atoms with Gasteiger partial charge in [-0.1, -0.05) is 26.0 Å². The Kier molecular flexibility index (Phi) is 7.68. The fraction of sp³-hybridized carbons (Fsp3) is 0.667. The molecule has 1 aromatic rings. The van der Waals surface area contributed by atoms with Crippen LogP contribution in [0.25, 0.3) is 0 Å². The highest BCUT2D eigenvalue weighted by Gasteiger charge is 2.25. The Labute approximate surface area is 151 Å². The van der Waals surface area contributed by atoms with Gasteiger partial charge in [0.25, 0.3) is 0 Å². The van der Waals surface area contributed by atoms with Gasteiger partial charge in [-0.05, 0) is 30.0 Å². The number of aryl methyl sites for hydroxylation is 1. The van der Waals surface area contributed by atoms with Crippen molar-refractivity contribution in [2.75, 3.05) is 45.7 Å². The second kappa shape index (κ2) is 9.52. The lowest BCUT2D eigenvalue weighted by Gasteiger charge is -2.36. The smallest absolute Gasteiger partial charge is 0.211 e. The summed E-state index contributed by atoms with van der Waals surface area (Å²) in [4.78, 5) is 2.32. The molecule has 1 aliphatic heterocycles. The Balaban J connectivity index is 1.85. The summed E-state index contributed by atoms with van der Waals surface area (Å²) in [6.07, 6.45) is 0.489. The normalized spacial score (nSPS) is 17.6. The number of sulfonamides is 1. The summed E-state index contributed by atoms with van der Waals surface area (Å²) in [5, 5.41) is 0.